The molecule has 0 aromatic carbocycles. The van der Waals surface area contributed by atoms with Crippen LogP contribution in [0.15, 0.2) is 0 Å². The van der Waals surface area contributed by atoms with Crippen LogP contribution in [0.3, 0.4) is 0 Å². The molecule has 0 rings (SSSR count). The van der Waals surface area contributed by atoms with Crippen molar-refractivity contribution in [1.29, 1.82) is 0 Å². The van der Waals surface area contributed by atoms with E-state index in [0.717, 1.165) is 0 Å². The van der Waals surface area contributed by atoms with E-state index in [1.807, 2.05) is 0 Å². The van der Waals surface area contributed by atoms with Crippen molar-refractivity contribution in [2.24, 2.45) is 0 Å². The van der Waals surface area contributed by atoms with Gasteiger partial charge in [0.15, 0.2) is 0 Å². The number of hydrogen-bond donors (Lipinski definition) is 0. The zero-order valence-electron chi connectivity index (χ0n) is 6.43. The molecule has 0 bridgehead atoms. The van der Waals surface area contributed by atoms with Gasteiger partial charge in [-0.1, -0.05) is 0 Å². The summed E-state index contributed by atoms with van der Waals surface area (Å²) in [5, 5.41) is 27.1. The molecule has 0 aliphatic heterocycles. The van der Waals surface area contributed by atoms with Crippen molar-refractivity contribution in [3.8, 4) is 0 Å². The van der Waals surface area contributed by atoms with E-state index >= 15 is 0 Å². The summed E-state index contributed by atoms with van der Waals surface area (Å²) in [6, 6.07) is 0. The molecule has 10 heteroatoms. The average molecular weight is 297 g/mol. The molecule has 0 heterocycles. The van der Waals surface area contributed by atoms with E-state index in [1.54, 1.807) is 0 Å². The van der Waals surface area contributed by atoms with E-state index in [-0.39, 0.29) is 36.5 Å². The molecule has 0 saturated carbocycles. The number of carbonyl (C=O) groups excluding carboxylic acids is 4. The third kappa shape index (κ3) is 557. The standard InChI is InChI=1S/4CNO.Cu.Zn/c4*2-1-3;;/q4*-1;2*+2. The maximum absolute atomic E-state index is 8.24. The molecule has 0 aliphatic carbocycles. The summed E-state index contributed by atoms with van der Waals surface area (Å²) >= 11 is 0. The Kier molecular flexibility index (Phi) is 518. The SMILES string of the molecule is [Cu+2].[N-]=C=O.[N-]=C=O.[N-]=C=O.[N-]=C=O.[Zn+2]. The van der Waals surface area contributed by atoms with E-state index in [1.165, 1.54) is 0 Å². The minimum Gasteiger partial charge on any atom is -0.724 e. The predicted molar refractivity (Wildman–Crippen MR) is 36.2 cm³/mol. The maximum atomic E-state index is 8.24. The van der Waals surface area contributed by atoms with Crippen LogP contribution in [0.2, 0.25) is 0 Å². The molecule has 14 heavy (non-hydrogen) atoms. The molecule has 0 aliphatic rings. The van der Waals surface area contributed by atoms with Gasteiger partial charge in [0.25, 0.3) is 0 Å². The van der Waals surface area contributed by atoms with Crippen LogP contribution >= 0.6 is 0 Å². The van der Waals surface area contributed by atoms with E-state index in [9.17, 15) is 0 Å². The van der Waals surface area contributed by atoms with Crippen LogP contribution in [0, 0.1) is 0 Å². The fourth-order valence-corrected chi connectivity index (χ4v) is 0. The molecule has 0 aromatic heterocycles. The first-order valence-electron chi connectivity index (χ1n) is 1.71. The normalized spacial score (nSPS) is 2.29. The third-order valence-electron chi connectivity index (χ3n) is 0. The fraction of sp³-hybridized carbons (Fsp3) is 0. The summed E-state index contributed by atoms with van der Waals surface area (Å²) in [5.74, 6) is 0. The van der Waals surface area contributed by atoms with E-state index < -0.39 is 0 Å². The van der Waals surface area contributed by atoms with Crippen LogP contribution < -0.4 is 0 Å². The third-order valence-corrected chi connectivity index (χ3v) is 0. The van der Waals surface area contributed by atoms with E-state index in [2.05, 4.69) is 0 Å². The average Bonchev–Trinajstić information content (AvgIpc) is 1.92. The fourth-order valence-electron chi connectivity index (χ4n) is 0. The Morgan fingerprint density at radius 2 is 0.571 bits per heavy atom. The molecule has 0 saturated heterocycles. The van der Waals surface area contributed by atoms with Crippen molar-refractivity contribution < 1.29 is 55.7 Å². The van der Waals surface area contributed by atoms with Gasteiger partial charge in [0, 0.05) is 0 Å². The number of rotatable bonds is 0. The first-order chi connectivity index (χ1) is 5.66. The monoisotopic (exact) mass is 295 g/mol. The number of hydrogen-bond acceptors (Lipinski definition) is 4. The minimum absolute atomic E-state index is 0. The van der Waals surface area contributed by atoms with Gasteiger partial charge in [-0.05, 0) is 24.3 Å². The Morgan fingerprint density at radius 3 is 0.571 bits per heavy atom. The zero-order valence-corrected chi connectivity index (χ0v) is 10.3. The Balaban J connectivity index is -0.0000000145. The van der Waals surface area contributed by atoms with Crippen LogP contribution in [-0.4, -0.2) is 24.3 Å². The second kappa shape index (κ2) is 187. The molecule has 0 aromatic rings. The van der Waals surface area contributed by atoms with Gasteiger partial charge in [0.2, 0.25) is 0 Å². The van der Waals surface area contributed by atoms with Crippen LogP contribution in [0.25, 0.3) is 21.6 Å². The van der Waals surface area contributed by atoms with Crippen LogP contribution in [0.1, 0.15) is 0 Å². The van der Waals surface area contributed by atoms with E-state index in [4.69, 9.17) is 40.8 Å². The Hall–Kier alpha value is -1.34. The van der Waals surface area contributed by atoms with Crippen LogP contribution in [0.5, 0.6) is 0 Å². The molecular formula is C4CuN4O4Zn. The smallest absolute Gasteiger partial charge is 0.724 e. The summed E-state index contributed by atoms with van der Waals surface area (Å²) in [6.07, 6.45) is 2.00. The number of nitrogens with zero attached hydrogens (tertiary/aromatic N) is 4. The summed E-state index contributed by atoms with van der Waals surface area (Å²) in [4.78, 5) is 32.9. The topological polar surface area (TPSA) is 157 Å². The Bertz CT molecular complexity index is 161. The molecule has 1 radical (unpaired) electrons. The van der Waals surface area contributed by atoms with Crippen molar-refractivity contribution >= 4 is 24.3 Å². The summed E-state index contributed by atoms with van der Waals surface area (Å²) in [7, 11) is 0. The molecule has 0 unspecified atom stereocenters. The zero-order chi connectivity index (χ0) is 10.8. The van der Waals surface area contributed by atoms with Gasteiger partial charge >= 0.3 is 36.5 Å². The second-order valence-electron chi connectivity index (χ2n) is 0.365. The van der Waals surface area contributed by atoms with Crippen molar-refractivity contribution in [3.63, 3.8) is 0 Å². The molecule has 8 nitrogen and oxygen atoms in total. The van der Waals surface area contributed by atoms with Crippen molar-refractivity contribution in [1.82, 2.24) is 0 Å². The van der Waals surface area contributed by atoms with Crippen LogP contribution in [0.4, 0.5) is 0 Å². The van der Waals surface area contributed by atoms with Crippen molar-refractivity contribution in [2.45, 2.75) is 0 Å². The van der Waals surface area contributed by atoms with Crippen LogP contribution in [-0.2, 0) is 55.7 Å². The van der Waals surface area contributed by atoms with Gasteiger partial charge < -0.3 is 21.6 Å². The van der Waals surface area contributed by atoms with Gasteiger partial charge in [0.05, 0.1) is 0 Å². The molecule has 0 atom stereocenters. The second-order valence-corrected chi connectivity index (χ2v) is 0.365. The largest absolute Gasteiger partial charge is 2.00 e. The number of isocyanates is 4. The van der Waals surface area contributed by atoms with E-state index in [0.29, 0.717) is 24.3 Å². The van der Waals surface area contributed by atoms with Gasteiger partial charge in [-0.25, -0.2) is 0 Å². The van der Waals surface area contributed by atoms with Gasteiger partial charge in [-0.2, -0.15) is 0 Å². The predicted octanol–water partition coefficient (Wildman–Crippen LogP) is -0.439. The molecule has 0 spiro atoms. The molecule has 0 amide bonds. The van der Waals surface area contributed by atoms with Crippen molar-refractivity contribution in [2.75, 3.05) is 0 Å². The maximum Gasteiger partial charge on any atom is 2.00 e. The van der Waals surface area contributed by atoms with Crippen molar-refractivity contribution in [3.05, 3.63) is 21.6 Å². The minimum atomic E-state index is 0. The molecule has 0 fully saturated rings. The quantitative estimate of drug-likeness (QED) is 0.337. The Morgan fingerprint density at radius 1 is 0.571 bits per heavy atom. The molecule has 0 N–H and O–H groups in total. The summed E-state index contributed by atoms with van der Waals surface area (Å²) in [5.41, 5.74) is 0. The van der Waals surface area contributed by atoms with Gasteiger partial charge in [-0.3, -0.25) is 19.2 Å². The summed E-state index contributed by atoms with van der Waals surface area (Å²) in [6.45, 7) is 0. The molecule has 73 valence electrons. The van der Waals surface area contributed by atoms with Gasteiger partial charge in [-0.15, -0.1) is 0 Å². The first kappa shape index (κ1) is 38.8. The van der Waals surface area contributed by atoms with Gasteiger partial charge in [0.1, 0.15) is 0 Å². The molecular weight excluding hydrogens is 297 g/mol. The summed E-state index contributed by atoms with van der Waals surface area (Å²) < 4.78 is 0. The Labute approximate surface area is 102 Å². The first-order valence-corrected chi connectivity index (χ1v) is 1.71.